The molecule has 2 rings (SSSR count). The molecule has 1 fully saturated rings. The molecule has 3 N–H and O–H groups in total. The largest absolute Gasteiger partial charge is 0.479 e. The molecular weight excluding hydrogens is 304 g/mol. The monoisotopic (exact) mass is 322 g/mol. The quantitative estimate of drug-likeness (QED) is 0.752. The van der Waals surface area contributed by atoms with Gasteiger partial charge in [-0.3, -0.25) is 9.59 Å². The number of carboxylic acids is 1. The van der Waals surface area contributed by atoms with E-state index in [2.05, 4.69) is 10.6 Å². The van der Waals surface area contributed by atoms with Crippen molar-refractivity contribution in [2.24, 2.45) is 0 Å². The molecule has 118 valence electrons. The highest BCUT2D eigenvalue weighted by Gasteiger charge is 2.43. The fourth-order valence-electron chi connectivity index (χ4n) is 2.18. The predicted octanol–water partition coefficient (Wildman–Crippen LogP) is 1.01. The molecule has 1 aliphatic rings. The van der Waals surface area contributed by atoms with Crippen LogP contribution >= 0.6 is 11.8 Å². The van der Waals surface area contributed by atoms with Crippen LogP contribution in [0.25, 0.3) is 0 Å². The van der Waals surface area contributed by atoms with E-state index in [9.17, 15) is 19.5 Å². The van der Waals surface area contributed by atoms with Crippen LogP contribution in [0.15, 0.2) is 24.3 Å². The number of benzene rings is 1. The number of thioether (sulfide) groups is 1. The van der Waals surface area contributed by atoms with E-state index in [1.165, 1.54) is 18.7 Å². The van der Waals surface area contributed by atoms with E-state index >= 15 is 0 Å². The van der Waals surface area contributed by atoms with Crippen molar-refractivity contribution in [1.29, 1.82) is 0 Å². The number of carboxylic acid groups (broad SMARTS) is 1. The lowest BCUT2D eigenvalue weighted by molar-refractivity contribution is -0.143. The highest BCUT2D eigenvalue weighted by Crippen LogP contribution is 2.28. The molecular formula is C15H18N2O4S. The van der Waals surface area contributed by atoms with Gasteiger partial charge in [0.05, 0.1) is 0 Å². The zero-order chi connectivity index (χ0) is 16.2. The topological polar surface area (TPSA) is 95.5 Å². The lowest BCUT2D eigenvalue weighted by Gasteiger charge is -2.24. The Morgan fingerprint density at radius 3 is 2.45 bits per heavy atom. The first kappa shape index (κ1) is 16.4. The summed E-state index contributed by atoms with van der Waals surface area (Å²) in [4.78, 5) is 34.5. The fraction of sp³-hybridized carbons (Fsp3) is 0.400. The summed E-state index contributed by atoms with van der Waals surface area (Å²) in [5.74, 6) is -0.398. The second-order valence-corrected chi connectivity index (χ2v) is 6.36. The molecule has 22 heavy (non-hydrogen) atoms. The first-order valence-corrected chi connectivity index (χ1v) is 8.05. The molecule has 1 aromatic carbocycles. The summed E-state index contributed by atoms with van der Waals surface area (Å²) in [5, 5.41) is 14.7. The minimum absolute atomic E-state index is 0.121. The van der Waals surface area contributed by atoms with E-state index in [0.717, 1.165) is 11.3 Å². The molecule has 1 aliphatic heterocycles. The highest BCUT2D eigenvalue weighted by molar-refractivity contribution is 7.99. The van der Waals surface area contributed by atoms with Crippen LogP contribution in [0.5, 0.6) is 0 Å². The second kappa shape index (κ2) is 6.83. The highest BCUT2D eigenvalue weighted by atomic mass is 32.2. The first-order chi connectivity index (χ1) is 10.4. The van der Waals surface area contributed by atoms with E-state index in [0.29, 0.717) is 24.3 Å². The zero-order valence-electron chi connectivity index (χ0n) is 12.2. The standard InChI is InChI=1S/C15H18N2O4S/c1-10(18)16-8-11-2-4-12(5-3-11)13(19)17-15(14(20)21)6-7-22-9-15/h2-5H,6-9H2,1H3,(H,16,18)(H,17,19)(H,20,21). The van der Waals surface area contributed by atoms with Crippen LogP contribution in [0.4, 0.5) is 0 Å². The van der Waals surface area contributed by atoms with Gasteiger partial charge in [-0.05, 0) is 29.9 Å². The number of carbonyl (C=O) groups is 3. The van der Waals surface area contributed by atoms with Gasteiger partial charge >= 0.3 is 5.97 Å². The normalized spacial score (nSPS) is 20.4. The minimum Gasteiger partial charge on any atom is -0.479 e. The van der Waals surface area contributed by atoms with Crippen molar-refractivity contribution >= 4 is 29.5 Å². The number of nitrogens with one attached hydrogen (secondary N) is 2. The van der Waals surface area contributed by atoms with Crippen molar-refractivity contribution in [1.82, 2.24) is 10.6 Å². The third-order valence-electron chi connectivity index (χ3n) is 3.54. The van der Waals surface area contributed by atoms with E-state index in [1.54, 1.807) is 24.3 Å². The van der Waals surface area contributed by atoms with Crippen LogP contribution < -0.4 is 10.6 Å². The Bertz CT molecular complexity index is 580. The number of hydrogen-bond acceptors (Lipinski definition) is 4. The smallest absolute Gasteiger partial charge is 0.330 e. The van der Waals surface area contributed by atoms with E-state index < -0.39 is 17.4 Å². The van der Waals surface area contributed by atoms with Gasteiger partial charge in [0.25, 0.3) is 5.91 Å². The molecule has 1 saturated heterocycles. The van der Waals surface area contributed by atoms with Crippen molar-refractivity contribution in [3.63, 3.8) is 0 Å². The van der Waals surface area contributed by atoms with Crippen LogP contribution in [0, 0.1) is 0 Å². The second-order valence-electron chi connectivity index (χ2n) is 5.25. The Morgan fingerprint density at radius 2 is 1.95 bits per heavy atom. The number of carbonyl (C=O) groups excluding carboxylic acids is 2. The Labute approximate surface area is 132 Å². The average molecular weight is 322 g/mol. The molecule has 1 atom stereocenters. The maximum absolute atomic E-state index is 12.2. The summed E-state index contributed by atoms with van der Waals surface area (Å²) in [5.41, 5.74) is 0.108. The molecule has 2 amide bonds. The third kappa shape index (κ3) is 3.79. The average Bonchev–Trinajstić information content (AvgIpc) is 2.95. The van der Waals surface area contributed by atoms with Gasteiger partial charge < -0.3 is 15.7 Å². The van der Waals surface area contributed by atoms with Crippen LogP contribution in [0.1, 0.15) is 29.3 Å². The molecule has 6 nitrogen and oxygen atoms in total. The lowest BCUT2D eigenvalue weighted by atomic mass is 9.98. The van der Waals surface area contributed by atoms with Crippen molar-refractivity contribution in [2.45, 2.75) is 25.4 Å². The summed E-state index contributed by atoms with van der Waals surface area (Å²) in [6.07, 6.45) is 0.430. The zero-order valence-corrected chi connectivity index (χ0v) is 13.0. The van der Waals surface area contributed by atoms with E-state index in [4.69, 9.17) is 0 Å². The molecule has 0 bridgehead atoms. The van der Waals surface area contributed by atoms with Gasteiger partial charge in [0, 0.05) is 24.8 Å². The van der Waals surface area contributed by atoms with Gasteiger partial charge in [0.2, 0.25) is 5.91 Å². The Kier molecular flexibility index (Phi) is 5.07. The molecule has 1 heterocycles. The predicted molar refractivity (Wildman–Crippen MR) is 83.7 cm³/mol. The van der Waals surface area contributed by atoms with Gasteiger partial charge in [0.1, 0.15) is 5.54 Å². The summed E-state index contributed by atoms with van der Waals surface area (Å²) in [6.45, 7) is 1.83. The number of hydrogen-bond donors (Lipinski definition) is 3. The van der Waals surface area contributed by atoms with E-state index in [1.807, 2.05) is 0 Å². The van der Waals surface area contributed by atoms with Crippen LogP contribution in [-0.2, 0) is 16.1 Å². The molecule has 0 saturated carbocycles. The van der Waals surface area contributed by atoms with Crippen molar-refractivity contribution in [2.75, 3.05) is 11.5 Å². The van der Waals surface area contributed by atoms with Gasteiger partial charge in [-0.25, -0.2) is 4.79 Å². The fourth-order valence-corrected chi connectivity index (χ4v) is 3.50. The van der Waals surface area contributed by atoms with Gasteiger partial charge in [0.15, 0.2) is 0 Å². The van der Waals surface area contributed by atoms with Crippen LogP contribution in [-0.4, -0.2) is 39.9 Å². The van der Waals surface area contributed by atoms with E-state index in [-0.39, 0.29) is 5.91 Å². The van der Waals surface area contributed by atoms with Crippen molar-refractivity contribution in [3.05, 3.63) is 35.4 Å². The Morgan fingerprint density at radius 1 is 1.27 bits per heavy atom. The first-order valence-electron chi connectivity index (χ1n) is 6.90. The molecule has 1 unspecified atom stereocenters. The molecule has 1 aromatic rings. The SMILES string of the molecule is CC(=O)NCc1ccc(C(=O)NC2(C(=O)O)CCSC2)cc1. The third-order valence-corrected chi connectivity index (χ3v) is 4.73. The Hall–Kier alpha value is -2.02. The maximum Gasteiger partial charge on any atom is 0.330 e. The number of aliphatic carboxylic acids is 1. The molecule has 0 aliphatic carbocycles. The minimum atomic E-state index is -1.17. The number of amides is 2. The summed E-state index contributed by atoms with van der Waals surface area (Å²) in [6, 6.07) is 6.73. The van der Waals surface area contributed by atoms with Crippen molar-refractivity contribution in [3.8, 4) is 0 Å². The molecule has 0 radical (unpaired) electrons. The van der Waals surface area contributed by atoms with Gasteiger partial charge in [-0.15, -0.1) is 0 Å². The lowest BCUT2D eigenvalue weighted by Crippen LogP contribution is -2.54. The van der Waals surface area contributed by atoms with Crippen LogP contribution in [0.3, 0.4) is 0 Å². The summed E-state index contributed by atoms with van der Waals surface area (Å²) < 4.78 is 0. The maximum atomic E-state index is 12.2. The van der Waals surface area contributed by atoms with Crippen LogP contribution in [0.2, 0.25) is 0 Å². The van der Waals surface area contributed by atoms with Crippen molar-refractivity contribution < 1.29 is 19.5 Å². The van der Waals surface area contributed by atoms with Gasteiger partial charge in [-0.2, -0.15) is 11.8 Å². The molecule has 7 heteroatoms. The van der Waals surface area contributed by atoms with Gasteiger partial charge in [-0.1, -0.05) is 12.1 Å². The summed E-state index contributed by atoms with van der Waals surface area (Å²) in [7, 11) is 0. The number of rotatable bonds is 5. The molecule has 0 spiro atoms. The summed E-state index contributed by atoms with van der Waals surface area (Å²) >= 11 is 1.52. The Balaban J connectivity index is 2.03. The molecule has 0 aromatic heterocycles.